The molecule has 1 N–H and O–H groups in total. The lowest BCUT2D eigenvalue weighted by molar-refractivity contribution is 0.101. The van der Waals surface area contributed by atoms with E-state index in [1.807, 2.05) is 28.8 Å². The molecule has 1 aliphatic rings. The van der Waals surface area contributed by atoms with Crippen molar-refractivity contribution in [1.82, 2.24) is 4.57 Å². The molecule has 4 heterocycles. The minimum absolute atomic E-state index is 0.146. The number of halogens is 2. The van der Waals surface area contributed by atoms with Crippen molar-refractivity contribution in [3.8, 4) is 16.5 Å². The smallest absolute Gasteiger partial charge is 0.280 e. The van der Waals surface area contributed by atoms with Crippen LogP contribution < -0.4 is 0 Å². The number of hydrogen-bond acceptors (Lipinski definition) is 4. The van der Waals surface area contributed by atoms with Gasteiger partial charge in [0.25, 0.3) is 5.91 Å². The first-order valence-electron chi connectivity index (χ1n) is 10.1. The molecule has 0 saturated heterocycles. The Morgan fingerprint density at radius 3 is 2.20 bits per heavy atom. The number of nitrogens with zero attached hydrogens (tertiary/aromatic N) is 2. The molecule has 1 aliphatic heterocycles. The van der Waals surface area contributed by atoms with Gasteiger partial charge in [-0.25, -0.2) is 4.99 Å². The van der Waals surface area contributed by atoms with E-state index in [0.29, 0.717) is 23.4 Å². The first-order valence-corrected chi connectivity index (χ1v) is 13.3. The van der Waals surface area contributed by atoms with Crippen molar-refractivity contribution in [3.63, 3.8) is 0 Å². The quantitative estimate of drug-likeness (QED) is 0.267. The number of aromatic nitrogens is 1. The average Bonchev–Trinajstić information content (AvgIpc) is 3.46. The van der Waals surface area contributed by atoms with Crippen LogP contribution in [0, 0.1) is 0 Å². The molecule has 0 aliphatic carbocycles. The number of carbonyl (C=O) groups excluding carboxylic acids is 1. The van der Waals surface area contributed by atoms with Crippen molar-refractivity contribution in [1.29, 1.82) is 0 Å². The van der Waals surface area contributed by atoms with Crippen LogP contribution in [0.15, 0.2) is 36.8 Å². The minimum Gasteiger partial charge on any atom is -0.494 e. The molecule has 4 nitrogen and oxygen atoms in total. The lowest BCUT2D eigenvalue weighted by atomic mass is 10.1. The summed E-state index contributed by atoms with van der Waals surface area (Å²) in [4.78, 5) is 19.1. The second-order valence-electron chi connectivity index (χ2n) is 7.31. The maximum atomic E-state index is 12.9. The molecule has 158 valence electrons. The van der Waals surface area contributed by atoms with Crippen molar-refractivity contribution in [2.75, 3.05) is 0 Å². The standard InChI is InChI=1S/C22H22Br2N2O2S2/c1-2-3-4-5-6-7-12-26-20(14-9-11-16(24)30-14)18-17(22(26)28)19(25-21(18)27)13-8-10-15(23)29-13/h8-11,28H,2-7,12H2,1H3. The van der Waals surface area contributed by atoms with E-state index in [9.17, 15) is 9.90 Å². The number of fused-ring (bicyclic) bond motifs is 1. The van der Waals surface area contributed by atoms with E-state index in [-0.39, 0.29) is 11.8 Å². The minimum atomic E-state index is -0.277. The van der Waals surface area contributed by atoms with Crippen molar-refractivity contribution in [2.45, 2.75) is 52.0 Å². The van der Waals surface area contributed by atoms with Gasteiger partial charge in [0.2, 0.25) is 5.88 Å². The lowest BCUT2D eigenvalue weighted by Crippen LogP contribution is -2.03. The Balaban J connectivity index is 1.72. The Labute approximate surface area is 200 Å². The van der Waals surface area contributed by atoms with Crippen molar-refractivity contribution in [3.05, 3.63) is 47.8 Å². The number of aliphatic imine (C=N–C) groups is 1. The molecule has 0 fully saturated rings. The summed E-state index contributed by atoms with van der Waals surface area (Å²) >= 11 is 10.1. The van der Waals surface area contributed by atoms with Crippen molar-refractivity contribution >= 4 is 66.2 Å². The molecule has 0 atom stereocenters. The molecule has 3 aromatic heterocycles. The predicted molar refractivity (Wildman–Crippen MR) is 132 cm³/mol. The van der Waals surface area contributed by atoms with Crippen LogP contribution in [0.5, 0.6) is 5.88 Å². The third-order valence-corrected chi connectivity index (χ3v) is 8.51. The highest BCUT2D eigenvalue weighted by Gasteiger charge is 2.36. The fraction of sp³-hybridized carbons (Fsp3) is 0.364. The average molecular weight is 570 g/mol. The van der Waals surface area contributed by atoms with Gasteiger partial charge in [0.1, 0.15) is 0 Å². The zero-order valence-electron chi connectivity index (χ0n) is 16.6. The summed E-state index contributed by atoms with van der Waals surface area (Å²) in [7, 11) is 0. The molecule has 0 saturated carbocycles. The van der Waals surface area contributed by atoms with Crippen LogP contribution in [0.25, 0.3) is 10.6 Å². The molecule has 4 rings (SSSR count). The Bertz CT molecular complexity index is 1110. The lowest BCUT2D eigenvalue weighted by Gasteiger charge is -2.11. The van der Waals surface area contributed by atoms with Gasteiger partial charge in [-0.15, -0.1) is 22.7 Å². The van der Waals surface area contributed by atoms with E-state index in [1.165, 1.54) is 37.0 Å². The number of amides is 1. The maximum Gasteiger partial charge on any atom is 0.280 e. The van der Waals surface area contributed by atoms with E-state index >= 15 is 0 Å². The molecule has 0 unspecified atom stereocenters. The second-order valence-corrected chi connectivity index (χ2v) is 12.2. The van der Waals surface area contributed by atoms with E-state index in [2.05, 4.69) is 43.8 Å². The highest BCUT2D eigenvalue weighted by molar-refractivity contribution is 9.11. The molecule has 0 bridgehead atoms. The summed E-state index contributed by atoms with van der Waals surface area (Å²) in [6.45, 7) is 2.90. The Morgan fingerprint density at radius 2 is 1.57 bits per heavy atom. The van der Waals surface area contributed by atoms with Gasteiger partial charge < -0.3 is 9.67 Å². The summed E-state index contributed by atoms with van der Waals surface area (Å²) in [5.41, 5.74) is 2.44. The third kappa shape index (κ3) is 4.24. The summed E-state index contributed by atoms with van der Waals surface area (Å²) in [5.74, 6) is -0.131. The van der Waals surface area contributed by atoms with E-state index in [0.717, 1.165) is 35.9 Å². The molecule has 1 amide bonds. The summed E-state index contributed by atoms with van der Waals surface area (Å²) in [6, 6.07) is 7.84. The molecule has 0 spiro atoms. The highest BCUT2D eigenvalue weighted by Crippen LogP contribution is 2.44. The topological polar surface area (TPSA) is 54.6 Å². The monoisotopic (exact) mass is 568 g/mol. The van der Waals surface area contributed by atoms with Gasteiger partial charge in [-0.05, 0) is 62.5 Å². The fourth-order valence-electron chi connectivity index (χ4n) is 3.84. The summed E-state index contributed by atoms with van der Waals surface area (Å²) in [5, 5.41) is 11.2. The number of rotatable bonds is 9. The molecule has 0 aromatic carbocycles. The maximum absolute atomic E-state index is 12.9. The fourth-order valence-corrected chi connectivity index (χ4v) is 6.67. The van der Waals surface area contributed by atoms with Crippen molar-refractivity contribution < 1.29 is 9.90 Å². The van der Waals surface area contributed by atoms with Gasteiger partial charge in [0, 0.05) is 6.54 Å². The SMILES string of the molecule is CCCCCCCCn1c(O)c2c(c1-c1ccc(Br)s1)C(=O)N=C2c1ccc(Br)s1. The molecular weight excluding hydrogens is 548 g/mol. The van der Waals surface area contributed by atoms with Crippen LogP contribution in [-0.4, -0.2) is 21.3 Å². The molecular formula is C22H22Br2N2O2S2. The predicted octanol–water partition coefficient (Wildman–Crippen LogP) is 7.86. The zero-order valence-corrected chi connectivity index (χ0v) is 21.4. The van der Waals surface area contributed by atoms with Gasteiger partial charge in [-0.3, -0.25) is 4.79 Å². The molecule has 30 heavy (non-hydrogen) atoms. The van der Waals surface area contributed by atoms with Crippen molar-refractivity contribution in [2.24, 2.45) is 4.99 Å². The van der Waals surface area contributed by atoms with Crippen LogP contribution in [0.3, 0.4) is 0 Å². The third-order valence-electron chi connectivity index (χ3n) is 5.25. The van der Waals surface area contributed by atoms with Gasteiger partial charge in [0.15, 0.2) is 0 Å². The number of carbonyl (C=O) groups is 1. The van der Waals surface area contributed by atoms with Gasteiger partial charge in [0.05, 0.1) is 39.9 Å². The first-order chi connectivity index (χ1) is 14.5. The summed E-state index contributed by atoms with van der Waals surface area (Å²) in [6.07, 6.45) is 7.02. The highest BCUT2D eigenvalue weighted by atomic mass is 79.9. The van der Waals surface area contributed by atoms with Crippen LogP contribution in [0.2, 0.25) is 0 Å². The Morgan fingerprint density at radius 1 is 0.933 bits per heavy atom. The van der Waals surface area contributed by atoms with Gasteiger partial charge in [-0.2, -0.15) is 0 Å². The van der Waals surface area contributed by atoms with Crippen LogP contribution >= 0.6 is 54.5 Å². The zero-order chi connectivity index (χ0) is 21.3. The van der Waals surface area contributed by atoms with Crippen LogP contribution in [-0.2, 0) is 6.54 Å². The molecule has 0 radical (unpaired) electrons. The second kappa shape index (κ2) is 9.51. The van der Waals surface area contributed by atoms with Crippen LogP contribution in [0.4, 0.5) is 0 Å². The Kier molecular flexibility index (Phi) is 6.97. The number of thiophene rings is 2. The first kappa shape index (κ1) is 22.0. The molecule has 3 aromatic rings. The van der Waals surface area contributed by atoms with E-state index in [4.69, 9.17) is 0 Å². The van der Waals surface area contributed by atoms with Gasteiger partial charge in [-0.1, -0.05) is 39.0 Å². The van der Waals surface area contributed by atoms with Crippen LogP contribution in [0.1, 0.15) is 66.2 Å². The number of aromatic hydroxyl groups is 1. The molecule has 8 heteroatoms. The number of hydrogen-bond donors (Lipinski definition) is 1. The van der Waals surface area contributed by atoms with E-state index < -0.39 is 0 Å². The number of unbranched alkanes of at least 4 members (excludes halogenated alkanes) is 5. The summed E-state index contributed by atoms with van der Waals surface area (Å²) < 4.78 is 3.87. The van der Waals surface area contributed by atoms with Gasteiger partial charge >= 0.3 is 0 Å². The Hall–Kier alpha value is -1.22. The largest absolute Gasteiger partial charge is 0.494 e. The normalized spacial score (nSPS) is 13.2. The van der Waals surface area contributed by atoms with E-state index in [1.54, 1.807) is 11.3 Å².